The van der Waals surface area contributed by atoms with E-state index in [1.807, 2.05) is 18.3 Å². The van der Waals surface area contributed by atoms with Gasteiger partial charge in [0.05, 0.1) is 22.1 Å². The third-order valence-electron chi connectivity index (χ3n) is 8.61. The predicted molar refractivity (Wildman–Crippen MR) is 194 cm³/mol. The average Bonchev–Trinajstić information content (AvgIpc) is 3.57. The molecule has 8 aromatic rings. The fourth-order valence-electron chi connectivity index (χ4n) is 6.42. The Balaban J connectivity index is 1.39. The molecule has 0 amide bonds. The summed E-state index contributed by atoms with van der Waals surface area (Å²) < 4.78 is 12.2. The highest BCUT2D eigenvalue weighted by Crippen LogP contribution is 2.42. The van der Waals surface area contributed by atoms with Gasteiger partial charge in [0.2, 0.25) is 0 Å². The van der Waals surface area contributed by atoms with Crippen molar-refractivity contribution in [2.75, 3.05) is 0 Å². The van der Waals surface area contributed by atoms with Crippen LogP contribution in [0.15, 0.2) is 144 Å². The Morgan fingerprint density at radius 1 is 0.587 bits per heavy atom. The Bertz CT molecular complexity index is 2380. The van der Waals surface area contributed by atoms with E-state index in [1.165, 1.54) is 10.9 Å². The number of aromatic nitrogens is 3. The van der Waals surface area contributed by atoms with Gasteiger partial charge in [-0.25, -0.2) is 4.98 Å². The molecular formula is C41H32BrN3O. The number of rotatable bonds is 5. The summed E-state index contributed by atoms with van der Waals surface area (Å²) in [4.78, 5) is 4.96. The summed E-state index contributed by atoms with van der Waals surface area (Å²) in [6.45, 7) is 6.72. The fourth-order valence-corrected chi connectivity index (χ4v) is 6.90. The lowest BCUT2D eigenvalue weighted by Crippen LogP contribution is -2.12. The lowest BCUT2D eigenvalue weighted by molar-refractivity contribution is 0.483. The minimum absolute atomic E-state index is 0.0246. The molecule has 0 saturated carbocycles. The quantitative estimate of drug-likeness (QED) is 0.184. The molecule has 0 aliphatic heterocycles. The second kappa shape index (κ2) is 11.0. The van der Waals surface area contributed by atoms with Crippen LogP contribution in [0.2, 0.25) is 0 Å². The molecule has 4 nitrogen and oxygen atoms in total. The van der Waals surface area contributed by atoms with Crippen LogP contribution >= 0.6 is 15.9 Å². The molecule has 5 aromatic carbocycles. The van der Waals surface area contributed by atoms with Crippen molar-refractivity contribution in [2.24, 2.45) is 0 Å². The van der Waals surface area contributed by atoms with Gasteiger partial charge in [0.15, 0.2) is 0 Å². The molecule has 224 valence electrons. The Kier molecular flexibility index (Phi) is 6.80. The number of nitrogens with zero attached hydrogens (tertiary/aromatic N) is 3. The Morgan fingerprint density at radius 2 is 1.28 bits per heavy atom. The molecule has 0 unspecified atom stereocenters. The maximum Gasteiger partial charge on any atom is 0.137 e. The van der Waals surface area contributed by atoms with Crippen molar-refractivity contribution in [1.29, 1.82) is 0 Å². The average molecular weight is 663 g/mol. The summed E-state index contributed by atoms with van der Waals surface area (Å²) in [5.41, 5.74) is 9.01. The lowest BCUT2D eigenvalue weighted by atomic mass is 9.88. The Morgan fingerprint density at radius 3 is 2.07 bits per heavy atom. The molecule has 0 fully saturated rings. The number of halogens is 1. The largest absolute Gasteiger partial charge is 0.457 e. The van der Waals surface area contributed by atoms with Crippen LogP contribution < -0.4 is 4.74 Å². The summed E-state index contributed by atoms with van der Waals surface area (Å²) >= 11 is 3.70. The molecular weight excluding hydrogens is 630 g/mol. The van der Waals surface area contributed by atoms with E-state index in [9.17, 15) is 0 Å². The topological polar surface area (TPSA) is 32.0 Å². The SMILES string of the molecule is CC(C)(C)c1ccnc(-n2c3cc(Oc4cc(Br)cc(-c5ccccc5)c4)ccc3c3c2c2ccccc2n3-c2ccccc2)c1. The molecule has 3 aromatic heterocycles. The molecule has 3 heterocycles. The molecule has 0 aliphatic carbocycles. The second-order valence-corrected chi connectivity index (χ2v) is 13.6. The minimum atomic E-state index is -0.0246. The number of para-hydroxylation sites is 2. The van der Waals surface area contributed by atoms with Gasteiger partial charge in [-0.05, 0) is 82.8 Å². The number of ether oxygens (including phenoxy) is 1. The monoisotopic (exact) mass is 661 g/mol. The highest BCUT2D eigenvalue weighted by molar-refractivity contribution is 9.10. The van der Waals surface area contributed by atoms with Gasteiger partial charge in [0.1, 0.15) is 17.3 Å². The maximum atomic E-state index is 6.60. The minimum Gasteiger partial charge on any atom is -0.457 e. The summed E-state index contributed by atoms with van der Waals surface area (Å²) in [6, 6.07) is 46.5. The van der Waals surface area contributed by atoms with E-state index in [0.717, 1.165) is 66.1 Å². The molecule has 46 heavy (non-hydrogen) atoms. The molecule has 0 radical (unpaired) electrons. The van der Waals surface area contributed by atoms with E-state index in [-0.39, 0.29) is 5.41 Å². The van der Waals surface area contributed by atoms with E-state index >= 15 is 0 Å². The van der Waals surface area contributed by atoms with E-state index in [4.69, 9.17) is 9.72 Å². The van der Waals surface area contributed by atoms with Gasteiger partial charge in [-0.3, -0.25) is 4.57 Å². The molecule has 0 saturated heterocycles. The van der Waals surface area contributed by atoms with Gasteiger partial charge in [-0.1, -0.05) is 103 Å². The smallest absolute Gasteiger partial charge is 0.137 e. The predicted octanol–water partition coefficient (Wildman–Crippen LogP) is 11.6. The molecule has 0 N–H and O–H groups in total. The molecule has 0 spiro atoms. The Labute approximate surface area is 276 Å². The first-order valence-corrected chi connectivity index (χ1v) is 16.3. The normalized spacial score (nSPS) is 11.9. The highest BCUT2D eigenvalue weighted by atomic mass is 79.9. The van der Waals surface area contributed by atoms with Crippen molar-refractivity contribution in [2.45, 2.75) is 26.2 Å². The van der Waals surface area contributed by atoms with E-state index in [2.05, 4.69) is 167 Å². The van der Waals surface area contributed by atoms with Crippen LogP contribution in [0.1, 0.15) is 26.3 Å². The van der Waals surface area contributed by atoms with Crippen LogP contribution in [0, 0.1) is 0 Å². The van der Waals surface area contributed by atoms with Gasteiger partial charge in [-0.15, -0.1) is 0 Å². The number of hydrogen-bond acceptors (Lipinski definition) is 2. The first-order chi connectivity index (χ1) is 22.3. The summed E-state index contributed by atoms with van der Waals surface area (Å²) in [7, 11) is 0. The van der Waals surface area contributed by atoms with Crippen LogP contribution in [0.5, 0.6) is 11.5 Å². The molecule has 0 aliphatic rings. The van der Waals surface area contributed by atoms with Gasteiger partial charge >= 0.3 is 0 Å². The maximum absolute atomic E-state index is 6.60. The van der Waals surface area contributed by atoms with E-state index in [0.29, 0.717) is 0 Å². The molecule has 0 atom stereocenters. The third kappa shape index (κ3) is 4.88. The summed E-state index contributed by atoms with van der Waals surface area (Å²) in [6.07, 6.45) is 1.93. The van der Waals surface area contributed by atoms with Crippen LogP contribution in [0.25, 0.3) is 55.5 Å². The summed E-state index contributed by atoms with van der Waals surface area (Å²) in [5.74, 6) is 2.41. The fraction of sp³-hybridized carbons (Fsp3) is 0.0976. The zero-order valence-corrected chi connectivity index (χ0v) is 27.5. The van der Waals surface area contributed by atoms with Crippen molar-refractivity contribution in [3.63, 3.8) is 0 Å². The van der Waals surface area contributed by atoms with Crippen LogP contribution in [0.4, 0.5) is 0 Å². The van der Waals surface area contributed by atoms with Gasteiger partial charge in [0.25, 0.3) is 0 Å². The van der Waals surface area contributed by atoms with Gasteiger partial charge in [0, 0.05) is 33.2 Å². The molecule has 8 rings (SSSR count). The van der Waals surface area contributed by atoms with E-state index < -0.39 is 0 Å². The van der Waals surface area contributed by atoms with Gasteiger partial charge in [-0.2, -0.15) is 0 Å². The zero-order chi connectivity index (χ0) is 31.4. The highest BCUT2D eigenvalue weighted by Gasteiger charge is 2.24. The lowest BCUT2D eigenvalue weighted by Gasteiger charge is -2.20. The first kappa shape index (κ1) is 28.4. The standard InChI is InChI=1S/C41H32BrN3O/c1-41(2,3)29-20-21-43-38(24-29)45-37-26-32(46-33-23-28(22-30(42)25-33)27-12-6-4-7-13-27)18-19-35(37)39-40(45)34-16-10-11-17-36(34)44(39)31-14-8-5-9-15-31/h4-26H,1-3H3. The van der Waals surface area contributed by atoms with Crippen LogP contribution in [0.3, 0.4) is 0 Å². The molecule has 5 heteroatoms. The van der Waals surface area contributed by atoms with Crippen LogP contribution in [-0.2, 0) is 5.41 Å². The van der Waals surface area contributed by atoms with Gasteiger partial charge < -0.3 is 9.30 Å². The van der Waals surface area contributed by atoms with E-state index in [1.54, 1.807) is 0 Å². The Hall–Kier alpha value is -5.13. The van der Waals surface area contributed by atoms with Crippen molar-refractivity contribution >= 4 is 48.8 Å². The number of hydrogen-bond donors (Lipinski definition) is 0. The third-order valence-corrected chi connectivity index (χ3v) is 9.06. The number of fused-ring (bicyclic) bond motifs is 5. The molecule has 0 bridgehead atoms. The zero-order valence-electron chi connectivity index (χ0n) is 25.9. The van der Waals surface area contributed by atoms with Crippen LogP contribution in [-0.4, -0.2) is 14.1 Å². The van der Waals surface area contributed by atoms with Crippen molar-refractivity contribution in [3.8, 4) is 34.1 Å². The van der Waals surface area contributed by atoms with Crippen molar-refractivity contribution < 1.29 is 4.74 Å². The van der Waals surface area contributed by atoms with Crippen molar-refractivity contribution in [3.05, 3.63) is 150 Å². The number of benzene rings is 5. The summed E-state index contributed by atoms with van der Waals surface area (Å²) in [5, 5.41) is 2.30. The number of pyridine rings is 1. The first-order valence-electron chi connectivity index (χ1n) is 15.5. The van der Waals surface area contributed by atoms with Crippen molar-refractivity contribution in [1.82, 2.24) is 14.1 Å². The second-order valence-electron chi connectivity index (χ2n) is 12.7.